The molecule has 1 aromatic heterocycles. The fourth-order valence-corrected chi connectivity index (χ4v) is 4.85. The number of thioether (sulfide) groups is 1. The summed E-state index contributed by atoms with van der Waals surface area (Å²) < 4.78 is 2.00. The summed E-state index contributed by atoms with van der Waals surface area (Å²) in [5, 5.41) is 13.1. The quantitative estimate of drug-likeness (QED) is 0.516. The van der Waals surface area contributed by atoms with Crippen LogP contribution in [0.4, 0.5) is 0 Å². The van der Waals surface area contributed by atoms with Gasteiger partial charge in [-0.15, -0.1) is 10.2 Å². The fourth-order valence-electron chi connectivity index (χ4n) is 3.88. The van der Waals surface area contributed by atoms with Crippen LogP contribution < -0.4 is 5.32 Å². The molecule has 1 saturated heterocycles. The van der Waals surface area contributed by atoms with Gasteiger partial charge in [0.15, 0.2) is 11.0 Å². The minimum atomic E-state index is -0.0465. The average Bonchev–Trinajstić information content (AvgIpc) is 3.21. The third kappa shape index (κ3) is 5.94. The second kappa shape index (κ2) is 10.9. The summed E-state index contributed by atoms with van der Waals surface area (Å²) in [7, 11) is 0. The van der Waals surface area contributed by atoms with Crippen LogP contribution in [-0.4, -0.2) is 56.4 Å². The maximum absolute atomic E-state index is 12.6. The zero-order chi connectivity index (χ0) is 23.2. The second-order valence-electron chi connectivity index (χ2n) is 7.99. The van der Waals surface area contributed by atoms with E-state index in [9.17, 15) is 9.59 Å². The van der Waals surface area contributed by atoms with Gasteiger partial charge in [-0.05, 0) is 30.5 Å². The van der Waals surface area contributed by atoms with Crippen molar-refractivity contribution in [1.29, 1.82) is 0 Å². The van der Waals surface area contributed by atoms with Crippen LogP contribution in [0.15, 0.2) is 59.8 Å². The summed E-state index contributed by atoms with van der Waals surface area (Å²) in [4.78, 5) is 25.9. The molecule has 2 amide bonds. The van der Waals surface area contributed by atoms with Crippen molar-refractivity contribution in [3.05, 3.63) is 65.2 Å². The van der Waals surface area contributed by atoms with E-state index in [1.54, 1.807) is 6.92 Å². The van der Waals surface area contributed by atoms with E-state index in [0.717, 1.165) is 24.0 Å². The molecular weight excluding hydrogens is 458 g/mol. The molecule has 1 aliphatic rings. The Balaban J connectivity index is 1.45. The Morgan fingerprint density at radius 3 is 2.45 bits per heavy atom. The number of aromatic nitrogens is 3. The van der Waals surface area contributed by atoms with E-state index in [2.05, 4.69) is 15.5 Å². The molecular formula is C24H26ClN5O2S. The lowest BCUT2D eigenvalue weighted by Gasteiger charge is -2.31. The van der Waals surface area contributed by atoms with Crippen molar-refractivity contribution in [2.75, 3.05) is 18.8 Å². The maximum Gasteiger partial charge on any atom is 0.230 e. The monoisotopic (exact) mass is 483 g/mol. The van der Waals surface area contributed by atoms with E-state index in [1.165, 1.54) is 11.8 Å². The first kappa shape index (κ1) is 23.3. The summed E-state index contributed by atoms with van der Waals surface area (Å²) >= 11 is 7.79. The molecule has 7 nitrogen and oxygen atoms in total. The normalized spacial score (nSPS) is 14.3. The van der Waals surface area contributed by atoms with Crippen molar-refractivity contribution in [2.45, 2.75) is 37.5 Å². The first-order valence-electron chi connectivity index (χ1n) is 10.9. The van der Waals surface area contributed by atoms with Gasteiger partial charge in [0.1, 0.15) is 0 Å². The summed E-state index contributed by atoms with van der Waals surface area (Å²) in [6.07, 6.45) is 1.55. The number of nitrogens with zero attached hydrogens (tertiary/aromatic N) is 4. The molecule has 9 heteroatoms. The molecule has 0 radical (unpaired) electrons. The van der Waals surface area contributed by atoms with Crippen LogP contribution in [0.1, 0.15) is 25.3 Å². The van der Waals surface area contributed by atoms with Crippen molar-refractivity contribution in [2.24, 2.45) is 0 Å². The van der Waals surface area contributed by atoms with Gasteiger partial charge >= 0.3 is 0 Å². The predicted molar refractivity (Wildman–Crippen MR) is 130 cm³/mol. The zero-order valence-corrected chi connectivity index (χ0v) is 20.0. The highest BCUT2D eigenvalue weighted by molar-refractivity contribution is 7.99. The molecule has 0 bridgehead atoms. The topological polar surface area (TPSA) is 80.1 Å². The standard InChI is InChI=1S/C24H26ClN5O2S/c1-17(31)29-13-11-19(12-14-29)26-22(32)16-33-24-28-27-23(20-9-5-6-10-21(20)25)30(24)15-18-7-3-2-4-8-18/h2-10,19H,11-16H2,1H3,(H,26,32). The molecule has 2 aromatic carbocycles. The number of piperidine rings is 1. The lowest BCUT2D eigenvalue weighted by Crippen LogP contribution is -2.46. The molecule has 1 fully saturated rings. The van der Waals surface area contributed by atoms with Gasteiger partial charge in [-0.3, -0.25) is 14.2 Å². The van der Waals surface area contributed by atoms with Crippen molar-refractivity contribution in [3.8, 4) is 11.4 Å². The molecule has 172 valence electrons. The van der Waals surface area contributed by atoms with Crippen molar-refractivity contribution in [3.63, 3.8) is 0 Å². The fraction of sp³-hybridized carbons (Fsp3) is 0.333. The number of amides is 2. The van der Waals surface area contributed by atoms with Gasteiger partial charge < -0.3 is 10.2 Å². The summed E-state index contributed by atoms with van der Waals surface area (Å²) in [6, 6.07) is 17.7. The Bertz CT molecular complexity index is 1110. The predicted octanol–water partition coefficient (Wildman–Crippen LogP) is 3.87. The first-order valence-corrected chi connectivity index (χ1v) is 12.3. The molecule has 0 aliphatic carbocycles. The van der Waals surface area contributed by atoms with Crippen molar-refractivity contribution in [1.82, 2.24) is 25.0 Å². The third-order valence-corrected chi connectivity index (χ3v) is 6.95. The molecule has 0 unspecified atom stereocenters. The average molecular weight is 484 g/mol. The number of hydrogen-bond acceptors (Lipinski definition) is 5. The van der Waals surface area contributed by atoms with Gasteiger partial charge in [0.2, 0.25) is 11.8 Å². The number of halogens is 1. The Labute approximate surface area is 202 Å². The van der Waals surface area contributed by atoms with Gasteiger partial charge in [-0.2, -0.15) is 0 Å². The molecule has 0 spiro atoms. The highest BCUT2D eigenvalue weighted by atomic mass is 35.5. The molecule has 2 heterocycles. The number of hydrogen-bond donors (Lipinski definition) is 1. The van der Waals surface area contributed by atoms with E-state index in [-0.39, 0.29) is 23.6 Å². The molecule has 0 atom stereocenters. The lowest BCUT2D eigenvalue weighted by atomic mass is 10.1. The van der Waals surface area contributed by atoms with Crippen LogP contribution in [-0.2, 0) is 16.1 Å². The van der Waals surface area contributed by atoms with Crippen LogP contribution >= 0.6 is 23.4 Å². The van der Waals surface area contributed by atoms with Crippen molar-refractivity contribution >= 4 is 35.2 Å². The maximum atomic E-state index is 12.6. The van der Waals surface area contributed by atoms with E-state index >= 15 is 0 Å². The summed E-state index contributed by atoms with van der Waals surface area (Å²) in [5.41, 5.74) is 1.91. The molecule has 0 saturated carbocycles. The van der Waals surface area contributed by atoms with E-state index in [4.69, 9.17) is 11.6 Å². The third-order valence-electron chi connectivity index (χ3n) is 5.65. The molecule has 33 heavy (non-hydrogen) atoms. The number of likely N-dealkylation sites (tertiary alicyclic amines) is 1. The van der Waals surface area contributed by atoms with Crippen LogP contribution in [0.3, 0.4) is 0 Å². The summed E-state index contributed by atoms with van der Waals surface area (Å²) in [6.45, 7) is 3.51. The van der Waals surface area contributed by atoms with E-state index in [1.807, 2.05) is 64.1 Å². The Hall–Kier alpha value is -2.84. The van der Waals surface area contributed by atoms with Crippen molar-refractivity contribution < 1.29 is 9.59 Å². The van der Waals surface area contributed by atoms with Gasteiger partial charge in [0.25, 0.3) is 0 Å². The molecule has 1 N–H and O–H groups in total. The number of rotatable bonds is 7. The Kier molecular flexibility index (Phi) is 7.67. The minimum absolute atomic E-state index is 0.0465. The number of carbonyl (C=O) groups is 2. The molecule has 1 aliphatic heterocycles. The highest BCUT2D eigenvalue weighted by Crippen LogP contribution is 2.30. The lowest BCUT2D eigenvalue weighted by molar-refractivity contribution is -0.130. The first-order chi connectivity index (χ1) is 16.0. The van der Waals surface area contributed by atoms with Crippen LogP contribution in [0.25, 0.3) is 11.4 Å². The van der Waals surface area contributed by atoms with Crippen LogP contribution in [0, 0.1) is 0 Å². The Morgan fingerprint density at radius 1 is 1.06 bits per heavy atom. The molecule has 3 aromatic rings. The van der Waals surface area contributed by atoms with Gasteiger partial charge in [0, 0.05) is 31.6 Å². The largest absolute Gasteiger partial charge is 0.353 e. The summed E-state index contributed by atoms with van der Waals surface area (Å²) in [5.74, 6) is 0.948. The number of benzene rings is 2. The second-order valence-corrected chi connectivity index (χ2v) is 9.34. The molecule has 4 rings (SSSR count). The van der Waals surface area contributed by atoms with Crippen LogP contribution in [0.5, 0.6) is 0 Å². The van der Waals surface area contributed by atoms with E-state index in [0.29, 0.717) is 35.6 Å². The minimum Gasteiger partial charge on any atom is -0.353 e. The Morgan fingerprint density at radius 2 is 1.76 bits per heavy atom. The van der Waals surface area contributed by atoms with Gasteiger partial charge in [-0.1, -0.05) is 65.8 Å². The highest BCUT2D eigenvalue weighted by Gasteiger charge is 2.23. The smallest absolute Gasteiger partial charge is 0.230 e. The zero-order valence-electron chi connectivity index (χ0n) is 18.4. The van der Waals surface area contributed by atoms with Crippen LogP contribution in [0.2, 0.25) is 5.02 Å². The number of nitrogens with one attached hydrogen (secondary N) is 1. The van der Waals surface area contributed by atoms with E-state index < -0.39 is 0 Å². The van der Waals surface area contributed by atoms with Gasteiger partial charge in [-0.25, -0.2) is 0 Å². The number of carbonyl (C=O) groups excluding carboxylic acids is 2. The SMILES string of the molecule is CC(=O)N1CCC(NC(=O)CSc2nnc(-c3ccccc3Cl)n2Cc2ccccc2)CC1. The van der Waals surface area contributed by atoms with Gasteiger partial charge in [0.05, 0.1) is 17.3 Å².